The van der Waals surface area contributed by atoms with Crippen molar-refractivity contribution in [3.8, 4) is 5.75 Å². The van der Waals surface area contributed by atoms with E-state index in [4.69, 9.17) is 16.7 Å². The van der Waals surface area contributed by atoms with E-state index >= 15 is 0 Å². The van der Waals surface area contributed by atoms with Gasteiger partial charge in [0.1, 0.15) is 5.75 Å². The van der Waals surface area contributed by atoms with Gasteiger partial charge in [0.25, 0.3) is 0 Å². The van der Waals surface area contributed by atoms with E-state index in [0.717, 1.165) is 11.3 Å². The molecule has 0 aliphatic carbocycles. The van der Waals surface area contributed by atoms with Crippen LogP contribution in [0.15, 0.2) is 53.6 Å². The fraction of sp³-hybridized carbons (Fsp3) is 0. The summed E-state index contributed by atoms with van der Waals surface area (Å²) >= 11 is 5.96. The predicted octanol–water partition coefficient (Wildman–Crippen LogP) is 3.49. The fourth-order valence-electron chi connectivity index (χ4n) is 1.29. The average Bonchev–Trinajstić information content (AvgIpc) is 2.34. The Morgan fingerprint density at radius 3 is 2.47 bits per heavy atom. The molecule has 17 heavy (non-hydrogen) atoms. The minimum absolute atomic E-state index is 0.237. The summed E-state index contributed by atoms with van der Waals surface area (Å²) in [5.74, 6) is 0.237. The number of phenolic OH excluding ortho intramolecular Hbond substituents is 1. The molecule has 86 valence electrons. The number of hydrazone groups is 1. The molecule has 0 radical (unpaired) electrons. The van der Waals surface area contributed by atoms with Gasteiger partial charge in [0.15, 0.2) is 0 Å². The molecule has 0 atom stereocenters. The smallest absolute Gasteiger partial charge is 0.115 e. The van der Waals surface area contributed by atoms with Crippen LogP contribution in [0, 0.1) is 0 Å². The van der Waals surface area contributed by atoms with Gasteiger partial charge >= 0.3 is 0 Å². The van der Waals surface area contributed by atoms with Crippen molar-refractivity contribution in [2.75, 3.05) is 5.43 Å². The lowest BCUT2D eigenvalue weighted by Crippen LogP contribution is -1.90. The summed E-state index contributed by atoms with van der Waals surface area (Å²) in [6, 6.07) is 14.1. The first-order valence-electron chi connectivity index (χ1n) is 5.08. The van der Waals surface area contributed by atoms with Crippen LogP contribution >= 0.6 is 11.6 Å². The normalized spacial score (nSPS) is 10.6. The van der Waals surface area contributed by atoms with E-state index in [1.54, 1.807) is 36.5 Å². The Morgan fingerprint density at radius 2 is 1.76 bits per heavy atom. The molecule has 0 unspecified atom stereocenters. The van der Waals surface area contributed by atoms with Crippen LogP contribution in [0.25, 0.3) is 0 Å². The Morgan fingerprint density at radius 1 is 1.06 bits per heavy atom. The van der Waals surface area contributed by atoms with Crippen molar-refractivity contribution in [2.45, 2.75) is 0 Å². The van der Waals surface area contributed by atoms with Crippen LogP contribution < -0.4 is 5.43 Å². The van der Waals surface area contributed by atoms with Gasteiger partial charge in [0, 0.05) is 0 Å². The molecular weight excluding hydrogens is 236 g/mol. The third kappa shape index (κ3) is 3.23. The van der Waals surface area contributed by atoms with Crippen LogP contribution in [0.2, 0.25) is 5.02 Å². The summed E-state index contributed by atoms with van der Waals surface area (Å²) in [5, 5.41) is 13.8. The SMILES string of the molecule is Oc1ccc(/C=N/Nc2ccccc2Cl)cc1. The number of anilines is 1. The maximum Gasteiger partial charge on any atom is 0.115 e. The maximum absolute atomic E-state index is 9.12. The second-order valence-corrected chi connectivity index (χ2v) is 3.85. The number of aromatic hydroxyl groups is 1. The Balaban J connectivity index is 2.03. The molecule has 3 nitrogen and oxygen atoms in total. The van der Waals surface area contributed by atoms with Gasteiger partial charge in [-0.05, 0) is 42.0 Å². The van der Waals surface area contributed by atoms with Gasteiger partial charge in [-0.25, -0.2) is 0 Å². The van der Waals surface area contributed by atoms with Crippen molar-refractivity contribution in [2.24, 2.45) is 5.10 Å². The molecule has 0 heterocycles. The number of benzene rings is 2. The second-order valence-electron chi connectivity index (χ2n) is 3.44. The predicted molar refractivity (Wildman–Crippen MR) is 70.8 cm³/mol. The highest BCUT2D eigenvalue weighted by molar-refractivity contribution is 6.33. The lowest BCUT2D eigenvalue weighted by atomic mass is 10.2. The van der Waals surface area contributed by atoms with Crippen LogP contribution in [0.1, 0.15) is 5.56 Å². The highest BCUT2D eigenvalue weighted by Crippen LogP contribution is 2.20. The number of para-hydroxylation sites is 1. The Labute approximate surface area is 104 Å². The summed E-state index contributed by atoms with van der Waals surface area (Å²) in [4.78, 5) is 0. The number of rotatable bonds is 3. The van der Waals surface area contributed by atoms with E-state index in [9.17, 15) is 0 Å². The first-order valence-corrected chi connectivity index (χ1v) is 5.46. The van der Waals surface area contributed by atoms with Crippen molar-refractivity contribution in [3.63, 3.8) is 0 Å². The third-order valence-corrected chi connectivity index (χ3v) is 2.50. The Hall–Kier alpha value is -2.00. The molecule has 2 aromatic carbocycles. The highest BCUT2D eigenvalue weighted by Gasteiger charge is 1.95. The van der Waals surface area contributed by atoms with Crippen molar-refractivity contribution in [3.05, 3.63) is 59.1 Å². The van der Waals surface area contributed by atoms with E-state index in [1.165, 1.54) is 0 Å². The summed E-state index contributed by atoms with van der Waals surface area (Å²) in [5.41, 5.74) is 4.50. The third-order valence-electron chi connectivity index (χ3n) is 2.17. The van der Waals surface area contributed by atoms with Gasteiger partial charge in [0.05, 0.1) is 16.9 Å². The summed E-state index contributed by atoms with van der Waals surface area (Å²) in [6.07, 6.45) is 1.66. The molecule has 0 amide bonds. The van der Waals surface area contributed by atoms with E-state index < -0.39 is 0 Å². The number of phenols is 1. The van der Waals surface area contributed by atoms with Gasteiger partial charge in [-0.2, -0.15) is 5.10 Å². The van der Waals surface area contributed by atoms with E-state index in [1.807, 2.05) is 18.2 Å². The largest absolute Gasteiger partial charge is 0.508 e. The maximum atomic E-state index is 9.12. The van der Waals surface area contributed by atoms with E-state index in [0.29, 0.717) is 5.02 Å². The van der Waals surface area contributed by atoms with Crippen LogP contribution in [0.3, 0.4) is 0 Å². The number of hydrogen-bond donors (Lipinski definition) is 2. The van der Waals surface area contributed by atoms with Crippen LogP contribution in [0.4, 0.5) is 5.69 Å². The fourth-order valence-corrected chi connectivity index (χ4v) is 1.47. The molecule has 0 bridgehead atoms. The van der Waals surface area contributed by atoms with E-state index in [2.05, 4.69) is 10.5 Å². The van der Waals surface area contributed by atoms with E-state index in [-0.39, 0.29) is 5.75 Å². The topological polar surface area (TPSA) is 44.6 Å². The van der Waals surface area contributed by atoms with Crippen molar-refractivity contribution < 1.29 is 5.11 Å². The zero-order chi connectivity index (χ0) is 12.1. The molecule has 2 rings (SSSR count). The quantitative estimate of drug-likeness (QED) is 0.643. The molecule has 0 aromatic heterocycles. The molecule has 0 saturated heterocycles. The highest BCUT2D eigenvalue weighted by atomic mass is 35.5. The van der Waals surface area contributed by atoms with Crippen LogP contribution in [0.5, 0.6) is 5.75 Å². The van der Waals surface area contributed by atoms with Gasteiger partial charge in [-0.15, -0.1) is 0 Å². The second kappa shape index (κ2) is 5.37. The molecule has 0 aliphatic rings. The molecule has 0 fully saturated rings. The van der Waals surface area contributed by atoms with Gasteiger partial charge < -0.3 is 5.11 Å². The Bertz CT molecular complexity index is 523. The molecule has 4 heteroatoms. The molecule has 0 saturated carbocycles. The molecule has 0 spiro atoms. The minimum atomic E-state index is 0.237. The number of halogens is 1. The van der Waals surface area contributed by atoms with Crippen molar-refractivity contribution in [1.82, 2.24) is 0 Å². The minimum Gasteiger partial charge on any atom is -0.508 e. The van der Waals surface area contributed by atoms with Crippen molar-refractivity contribution >= 4 is 23.5 Å². The first-order chi connectivity index (χ1) is 8.25. The van der Waals surface area contributed by atoms with Crippen LogP contribution in [-0.4, -0.2) is 11.3 Å². The van der Waals surface area contributed by atoms with Gasteiger partial charge in [-0.3, -0.25) is 5.43 Å². The summed E-state index contributed by atoms with van der Waals surface area (Å²) in [6.45, 7) is 0. The van der Waals surface area contributed by atoms with Crippen LogP contribution in [-0.2, 0) is 0 Å². The lowest BCUT2D eigenvalue weighted by molar-refractivity contribution is 0.475. The Kier molecular flexibility index (Phi) is 3.62. The molecule has 2 aromatic rings. The lowest BCUT2D eigenvalue weighted by Gasteiger charge is -2.01. The molecule has 2 N–H and O–H groups in total. The number of nitrogens with zero attached hydrogens (tertiary/aromatic N) is 1. The summed E-state index contributed by atoms with van der Waals surface area (Å²) < 4.78 is 0. The summed E-state index contributed by atoms with van der Waals surface area (Å²) in [7, 11) is 0. The molecular formula is C13H11ClN2O. The monoisotopic (exact) mass is 246 g/mol. The first kappa shape index (κ1) is 11.5. The van der Waals surface area contributed by atoms with Gasteiger partial charge in [-0.1, -0.05) is 23.7 Å². The molecule has 0 aliphatic heterocycles. The standard InChI is InChI=1S/C13H11ClN2O/c14-12-3-1-2-4-13(12)16-15-9-10-5-7-11(17)8-6-10/h1-9,16-17H/b15-9+. The zero-order valence-electron chi connectivity index (χ0n) is 8.97. The number of nitrogens with one attached hydrogen (secondary N) is 1. The number of hydrogen-bond acceptors (Lipinski definition) is 3. The average molecular weight is 247 g/mol. The zero-order valence-corrected chi connectivity index (χ0v) is 9.72. The van der Waals surface area contributed by atoms with Gasteiger partial charge in [0.2, 0.25) is 0 Å². The van der Waals surface area contributed by atoms with Crippen molar-refractivity contribution in [1.29, 1.82) is 0 Å².